The maximum absolute atomic E-state index is 12.5. The predicted molar refractivity (Wildman–Crippen MR) is 113 cm³/mol. The molecular formula is C21H19N5O3S. The van der Waals surface area contributed by atoms with Crippen molar-refractivity contribution in [3.05, 3.63) is 72.6 Å². The van der Waals surface area contributed by atoms with Crippen LogP contribution in [0.2, 0.25) is 0 Å². The standard InChI is InChI=1S/C21H19N5O3S/c1-28-20-16(9-5-11-22-20)23-18(27)14-30-21-25-24-19(17-10-6-12-29-17)26(21)13-15-7-3-2-4-8-15/h2-12H,13-14H2,1H3,(H,23,27). The van der Waals surface area contributed by atoms with Gasteiger partial charge in [0, 0.05) is 6.20 Å². The fraction of sp³-hybridized carbons (Fsp3) is 0.143. The van der Waals surface area contributed by atoms with Gasteiger partial charge in [0.2, 0.25) is 17.6 Å². The molecule has 1 amide bonds. The highest BCUT2D eigenvalue weighted by Crippen LogP contribution is 2.26. The first-order valence-electron chi connectivity index (χ1n) is 9.17. The van der Waals surface area contributed by atoms with Gasteiger partial charge in [-0.1, -0.05) is 42.1 Å². The molecule has 3 heterocycles. The number of carbonyl (C=O) groups is 1. The van der Waals surface area contributed by atoms with Crippen LogP contribution in [0.15, 0.2) is 76.6 Å². The Labute approximate surface area is 177 Å². The molecule has 0 fully saturated rings. The summed E-state index contributed by atoms with van der Waals surface area (Å²) < 4.78 is 12.6. The number of methoxy groups -OCH3 is 1. The normalized spacial score (nSPS) is 10.7. The smallest absolute Gasteiger partial charge is 0.237 e. The quantitative estimate of drug-likeness (QED) is 0.433. The molecule has 4 aromatic rings. The molecule has 0 atom stereocenters. The van der Waals surface area contributed by atoms with E-state index in [0.29, 0.717) is 34.9 Å². The van der Waals surface area contributed by atoms with Gasteiger partial charge in [0.05, 0.1) is 25.7 Å². The number of carbonyl (C=O) groups excluding carboxylic acids is 1. The molecule has 30 heavy (non-hydrogen) atoms. The maximum atomic E-state index is 12.5. The molecule has 4 rings (SSSR count). The Morgan fingerprint density at radius 3 is 2.77 bits per heavy atom. The second kappa shape index (κ2) is 9.27. The molecule has 0 radical (unpaired) electrons. The van der Waals surface area contributed by atoms with Crippen LogP contribution in [0.5, 0.6) is 5.88 Å². The van der Waals surface area contributed by atoms with Crippen molar-refractivity contribution in [2.45, 2.75) is 11.7 Å². The SMILES string of the molecule is COc1ncccc1NC(=O)CSc1nnc(-c2ccco2)n1Cc1ccccc1. The Hall–Kier alpha value is -3.59. The lowest BCUT2D eigenvalue weighted by Crippen LogP contribution is -2.15. The Morgan fingerprint density at radius 1 is 1.13 bits per heavy atom. The van der Waals surface area contributed by atoms with Crippen LogP contribution >= 0.6 is 11.8 Å². The van der Waals surface area contributed by atoms with Crippen LogP contribution in [0.4, 0.5) is 5.69 Å². The molecule has 0 saturated heterocycles. The van der Waals surface area contributed by atoms with Crippen molar-refractivity contribution in [2.24, 2.45) is 0 Å². The molecule has 3 aromatic heterocycles. The molecule has 0 aliphatic rings. The predicted octanol–water partition coefficient (Wildman–Crippen LogP) is 3.72. The fourth-order valence-corrected chi connectivity index (χ4v) is 3.59. The maximum Gasteiger partial charge on any atom is 0.237 e. The number of furan rings is 1. The van der Waals surface area contributed by atoms with E-state index in [4.69, 9.17) is 9.15 Å². The molecule has 1 aromatic carbocycles. The Bertz CT molecular complexity index is 1110. The van der Waals surface area contributed by atoms with Crippen molar-refractivity contribution in [3.8, 4) is 17.5 Å². The van der Waals surface area contributed by atoms with Crippen LogP contribution in [-0.2, 0) is 11.3 Å². The van der Waals surface area contributed by atoms with Gasteiger partial charge < -0.3 is 14.5 Å². The Morgan fingerprint density at radius 2 is 2.00 bits per heavy atom. The van der Waals surface area contributed by atoms with Gasteiger partial charge in [-0.15, -0.1) is 10.2 Å². The number of hydrogen-bond acceptors (Lipinski definition) is 7. The third-order valence-corrected chi connectivity index (χ3v) is 5.18. The molecule has 0 aliphatic heterocycles. The highest BCUT2D eigenvalue weighted by atomic mass is 32.2. The third kappa shape index (κ3) is 4.52. The summed E-state index contributed by atoms with van der Waals surface area (Å²) in [6, 6.07) is 17.1. The van der Waals surface area contributed by atoms with Crippen LogP contribution in [-0.4, -0.2) is 38.5 Å². The number of nitrogens with zero attached hydrogens (tertiary/aromatic N) is 4. The van der Waals surface area contributed by atoms with Crippen molar-refractivity contribution in [3.63, 3.8) is 0 Å². The van der Waals surface area contributed by atoms with E-state index >= 15 is 0 Å². The zero-order valence-electron chi connectivity index (χ0n) is 16.2. The van der Waals surface area contributed by atoms with Crippen molar-refractivity contribution in [1.82, 2.24) is 19.7 Å². The third-order valence-electron chi connectivity index (χ3n) is 4.21. The summed E-state index contributed by atoms with van der Waals surface area (Å²) in [5.41, 5.74) is 1.61. The topological polar surface area (TPSA) is 95.1 Å². The number of ether oxygens (including phenoxy) is 1. The van der Waals surface area contributed by atoms with Crippen molar-refractivity contribution >= 4 is 23.4 Å². The van der Waals surface area contributed by atoms with Gasteiger partial charge in [0.25, 0.3) is 0 Å². The number of anilines is 1. The lowest BCUT2D eigenvalue weighted by molar-refractivity contribution is -0.113. The summed E-state index contributed by atoms with van der Waals surface area (Å²) in [5, 5.41) is 12.0. The number of thioether (sulfide) groups is 1. The van der Waals surface area contributed by atoms with E-state index in [-0.39, 0.29) is 11.7 Å². The largest absolute Gasteiger partial charge is 0.480 e. The van der Waals surface area contributed by atoms with E-state index in [1.165, 1.54) is 18.9 Å². The number of hydrogen-bond donors (Lipinski definition) is 1. The van der Waals surface area contributed by atoms with Gasteiger partial charge >= 0.3 is 0 Å². The highest BCUT2D eigenvalue weighted by Gasteiger charge is 2.18. The lowest BCUT2D eigenvalue weighted by Gasteiger charge is -2.10. The molecular weight excluding hydrogens is 402 g/mol. The van der Waals surface area contributed by atoms with E-state index in [0.717, 1.165) is 5.56 Å². The highest BCUT2D eigenvalue weighted by molar-refractivity contribution is 7.99. The summed E-state index contributed by atoms with van der Waals surface area (Å²) in [5.74, 6) is 1.56. The molecule has 152 valence electrons. The average molecular weight is 421 g/mol. The fourth-order valence-electron chi connectivity index (χ4n) is 2.86. The minimum Gasteiger partial charge on any atom is -0.480 e. The number of rotatable bonds is 8. The Kier molecular flexibility index (Phi) is 6.09. The lowest BCUT2D eigenvalue weighted by atomic mass is 10.2. The van der Waals surface area contributed by atoms with Crippen LogP contribution in [0.3, 0.4) is 0 Å². The Balaban J connectivity index is 1.51. The van der Waals surface area contributed by atoms with Gasteiger partial charge in [-0.2, -0.15) is 0 Å². The molecule has 8 nitrogen and oxygen atoms in total. The average Bonchev–Trinajstić information content (AvgIpc) is 3.43. The minimum atomic E-state index is -0.194. The summed E-state index contributed by atoms with van der Waals surface area (Å²) in [7, 11) is 1.51. The van der Waals surface area contributed by atoms with Gasteiger partial charge in [0.15, 0.2) is 10.9 Å². The molecule has 9 heteroatoms. The summed E-state index contributed by atoms with van der Waals surface area (Å²) in [6.45, 7) is 0.560. The number of pyridine rings is 1. The van der Waals surface area contributed by atoms with Gasteiger partial charge in [-0.3, -0.25) is 9.36 Å². The number of amides is 1. The second-order valence-corrected chi connectivity index (χ2v) is 7.19. The first-order chi connectivity index (χ1) is 14.7. The van der Waals surface area contributed by atoms with E-state index in [2.05, 4.69) is 20.5 Å². The first-order valence-corrected chi connectivity index (χ1v) is 10.2. The summed E-state index contributed by atoms with van der Waals surface area (Å²) in [6.07, 6.45) is 3.20. The molecule has 1 N–H and O–H groups in total. The zero-order chi connectivity index (χ0) is 20.8. The zero-order valence-corrected chi connectivity index (χ0v) is 17.0. The van der Waals surface area contributed by atoms with E-state index in [1.807, 2.05) is 41.0 Å². The molecule has 0 spiro atoms. The number of benzene rings is 1. The van der Waals surface area contributed by atoms with Gasteiger partial charge in [-0.25, -0.2) is 4.98 Å². The summed E-state index contributed by atoms with van der Waals surface area (Å²) in [4.78, 5) is 16.5. The van der Waals surface area contributed by atoms with Crippen LogP contribution in [0, 0.1) is 0 Å². The van der Waals surface area contributed by atoms with E-state index < -0.39 is 0 Å². The summed E-state index contributed by atoms with van der Waals surface area (Å²) >= 11 is 1.30. The van der Waals surface area contributed by atoms with Gasteiger partial charge in [-0.05, 0) is 29.8 Å². The monoisotopic (exact) mass is 421 g/mol. The van der Waals surface area contributed by atoms with Crippen LogP contribution < -0.4 is 10.1 Å². The van der Waals surface area contributed by atoms with Crippen LogP contribution in [0.1, 0.15) is 5.56 Å². The van der Waals surface area contributed by atoms with Crippen molar-refractivity contribution < 1.29 is 13.9 Å². The van der Waals surface area contributed by atoms with Crippen molar-refractivity contribution in [2.75, 3.05) is 18.2 Å². The van der Waals surface area contributed by atoms with Gasteiger partial charge in [0.1, 0.15) is 5.69 Å². The minimum absolute atomic E-state index is 0.156. The molecule has 0 unspecified atom stereocenters. The van der Waals surface area contributed by atoms with E-state index in [1.54, 1.807) is 30.7 Å². The second-order valence-electron chi connectivity index (χ2n) is 6.25. The van der Waals surface area contributed by atoms with Crippen LogP contribution in [0.25, 0.3) is 11.6 Å². The molecule has 0 bridgehead atoms. The first kappa shape index (κ1) is 19.7. The number of nitrogens with one attached hydrogen (secondary N) is 1. The van der Waals surface area contributed by atoms with E-state index in [9.17, 15) is 4.79 Å². The molecule has 0 aliphatic carbocycles. The molecule has 0 saturated carbocycles. The van der Waals surface area contributed by atoms with Crippen molar-refractivity contribution in [1.29, 1.82) is 0 Å². The number of aromatic nitrogens is 4.